The standard InChI is InChI=1S/C11H23BN/c1-7-8(2)12-11(5,6)9(3)10(4)13/h8-9H,4,7,13H2,1-3,5-6H3. The van der Waals surface area contributed by atoms with Gasteiger partial charge >= 0.3 is 0 Å². The molecule has 0 heterocycles. The van der Waals surface area contributed by atoms with E-state index in [4.69, 9.17) is 5.73 Å². The van der Waals surface area contributed by atoms with E-state index in [1.54, 1.807) is 0 Å². The summed E-state index contributed by atoms with van der Waals surface area (Å²) in [5.41, 5.74) is 6.51. The Bertz CT molecular complexity index is 175. The van der Waals surface area contributed by atoms with E-state index in [0.717, 1.165) is 5.70 Å². The molecule has 75 valence electrons. The van der Waals surface area contributed by atoms with E-state index in [2.05, 4.69) is 48.5 Å². The van der Waals surface area contributed by atoms with E-state index < -0.39 is 0 Å². The van der Waals surface area contributed by atoms with E-state index in [9.17, 15) is 0 Å². The maximum Gasteiger partial charge on any atom is 0.121 e. The van der Waals surface area contributed by atoms with Gasteiger partial charge in [-0.3, -0.25) is 0 Å². The van der Waals surface area contributed by atoms with Crippen molar-refractivity contribution in [2.45, 2.75) is 52.2 Å². The van der Waals surface area contributed by atoms with Crippen LogP contribution in [-0.2, 0) is 0 Å². The van der Waals surface area contributed by atoms with Gasteiger partial charge in [-0.05, 0) is 5.92 Å². The molecule has 0 aromatic rings. The lowest BCUT2D eigenvalue weighted by Gasteiger charge is -2.33. The zero-order chi connectivity index (χ0) is 10.6. The second-order valence-corrected chi connectivity index (χ2v) is 4.67. The van der Waals surface area contributed by atoms with Crippen molar-refractivity contribution >= 4 is 7.28 Å². The van der Waals surface area contributed by atoms with Crippen LogP contribution in [0, 0.1) is 5.92 Å². The zero-order valence-electron chi connectivity index (χ0n) is 9.72. The number of allylic oxidation sites excluding steroid dienone is 1. The van der Waals surface area contributed by atoms with Crippen LogP contribution in [0.2, 0.25) is 11.1 Å². The van der Waals surface area contributed by atoms with E-state index in [1.807, 2.05) is 0 Å². The molecule has 0 rings (SSSR count). The number of hydrogen-bond acceptors (Lipinski definition) is 1. The molecule has 0 spiro atoms. The molecule has 0 saturated carbocycles. The van der Waals surface area contributed by atoms with E-state index in [0.29, 0.717) is 11.7 Å². The third kappa shape index (κ3) is 3.88. The summed E-state index contributed by atoms with van der Waals surface area (Å²) in [5.74, 6) is 0.998. The van der Waals surface area contributed by atoms with Crippen molar-refractivity contribution < 1.29 is 0 Å². The molecule has 0 fully saturated rings. The minimum absolute atomic E-state index is 0.154. The molecule has 0 bridgehead atoms. The average Bonchev–Trinajstić information content (AvgIpc) is 2.01. The van der Waals surface area contributed by atoms with Crippen LogP contribution < -0.4 is 5.73 Å². The quantitative estimate of drug-likeness (QED) is 0.646. The van der Waals surface area contributed by atoms with Gasteiger partial charge in [-0.1, -0.05) is 58.8 Å². The summed E-state index contributed by atoms with van der Waals surface area (Å²) < 4.78 is 0. The third-order valence-corrected chi connectivity index (χ3v) is 3.03. The number of hydrogen-bond donors (Lipinski definition) is 1. The molecule has 1 nitrogen and oxygen atoms in total. The Kier molecular flexibility index (Phi) is 4.59. The van der Waals surface area contributed by atoms with Gasteiger partial charge in [-0.15, -0.1) is 0 Å². The molecule has 13 heavy (non-hydrogen) atoms. The Labute approximate surface area is 84.0 Å². The summed E-state index contributed by atoms with van der Waals surface area (Å²) in [5, 5.41) is 0.154. The Morgan fingerprint density at radius 1 is 1.46 bits per heavy atom. The molecular weight excluding hydrogens is 157 g/mol. The topological polar surface area (TPSA) is 26.0 Å². The molecule has 2 heteroatoms. The maximum absolute atomic E-state index is 5.72. The third-order valence-electron chi connectivity index (χ3n) is 3.03. The highest BCUT2D eigenvalue weighted by Crippen LogP contribution is 2.39. The van der Waals surface area contributed by atoms with Gasteiger partial charge in [-0.25, -0.2) is 0 Å². The Morgan fingerprint density at radius 3 is 2.23 bits per heavy atom. The van der Waals surface area contributed by atoms with Crippen LogP contribution >= 0.6 is 0 Å². The average molecular weight is 180 g/mol. The van der Waals surface area contributed by atoms with Crippen molar-refractivity contribution in [3.05, 3.63) is 12.3 Å². The van der Waals surface area contributed by atoms with Crippen molar-refractivity contribution in [1.29, 1.82) is 0 Å². The summed E-state index contributed by atoms with van der Waals surface area (Å²) in [6.45, 7) is 14.9. The van der Waals surface area contributed by atoms with Gasteiger partial charge in [0.25, 0.3) is 0 Å². The monoisotopic (exact) mass is 180 g/mol. The lowest BCUT2D eigenvalue weighted by Crippen LogP contribution is -2.27. The smallest absolute Gasteiger partial charge is 0.121 e. The molecule has 0 aromatic carbocycles. The Morgan fingerprint density at radius 2 is 1.92 bits per heavy atom. The van der Waals surface area contributed by atoms with Crippen molar-refractivity contribution in [2.75, 3.05) is 0 Å². The second kappa shape index (κ2) is 4.73. The molecule has 0 aliphatic rings. The minimum atomic E-state index is 0.154. The molecular formula is C11H23BN. The Balaban J connectivity index is 4.29. The lowest BCUT2D eigenvalue weighted by molar-refractivity contribution is 0.487. The first-order valence-electron chi connectivity index (χ1n) is 5.11. The fourth-order valence-electron chi connectivity index (χ4n) is 1.47. The van der Waals surface area contributed by atoms with Crippen LogP contribution in [-0.4, -0.2) is 7.28 Å². The molecule has 2 unspecified atom stereocenters. The molecule has 2 atom stereocenters. The van der Waals surface area contributed by atoms with Crippen molar-refractivity contribution in [2.24, 2.45) is 11.7 Å². The highest BCUT2D eigenvalue weighted by Gasteiger charge is 2.29. The summed E-state index contributed by atoms with van der Waals surface area (Å²) in [7, 11) is 2.38. The van der Waals surface area contributed by atoms with E-state index in [1.165, 1.54) is 6.42 Å². The highest BCUT2D eigenvalue weighted by atomic mass is 14.6. The van der Waals surface area contributed by atoms with Gasteiger partial charge in [0.15, 0.2) is 0 Å². The van der Waals surface area contributed by atoms with Crippen LogP contribution in [0.25, 0.3) is 0 Å². The fourth-order valence-corrected chi connectivity index (χ4v) is 1.47. The van der Waals surface area contributed by atoms with Gasteiger partial charge in [-0.2, -0.15) is 0 Å². The summed E-state index contributed by atoms with van der Waals surface area (Å²) in [6, 6.07) is 0. The van der Waals surface area contributed by atoms with Gasteiger partial charge in [0.05, 0.1) is 0 Å². The van der Waals surface area contributed by atoms with Crippen LogP contribution in [0.1, 0.15) is 41.0 Å². The highest BCUT2D eigenvalue weighted by molar-refractivity contribution is 6.41. The first-order chi connectivity index (χ1) is 5.81. The van der Waals surface area contributed by atoms with Gasteiger partial charge < -0.3 is 5.73 Å². The van der Waals surface area contributed by atoms with Crippen LogP contribution in [0.15, 0.2) is 12.3 Å². The normalized spacial score (nSPS) is 16.4. The van der Waals surface area contributed by atoms with Gasteiger partial charge in [0, 0.05) is 5.70 Å². The van der Waals surface area contributed by atoms with Gasteiger partial charge in [0.1, 0.15) is 7.28 Å². The van der Waals surface area contributed by atoms with Crippen LogP contribution in [0.3, 0.4) is 0 Å². The molecule has 0 aliphatic carbocycles. The predicted octanol–water partition coefficient (Wildman–Crippen LogP) is 3.22. The summed E-state index contributed by atoms with van der Waals surface area (Å²) in [6.07, 6.45) is 1.19. The Hall–Kier alpha value is -0.395. The fraction of sp³-hybridized carbons (Fsp3) is 0.818. The largest absolute Gasteiger partial charge is 0.402 e. The maximum atomic E-state index is 5.72. The van der Waals surface area contributed by atoms with E-state index >= 15 is 0 Å². The SMILES string of the molecule is C=C(N)C(C)C(C)(C)[B]C(C)CC. The molecule has 2 N–H and O–H groups in total. The molecule has 0 aliphatic heterocycles. The summed E-state index contributed by atoms with van der Waals surface area (Å²) in [4.78, 5) is 0. The summed E-state index contributed by atoms with van der Waals surface area (Å²) >= 11 is 0. The molecule has 0 aromatic heterocycles. The van der Waals surface area contributed by atoms with Crippen LogP contribution in [0.4, 0.5) is 0 Å². The first kappa shape index (κ1) is 12.6. The predicted molar refractivity (Wildman–Crippen MR) is 62.0 cm³/mol. The molecule has 0 saturated heterocycles. The lowest BCUT2D eigenvalue weighted by atomic mass is 9.43. The van der Waals surface area contributed by atoms with E-state index in [-0.39, 0.29) is 5.31 Å². The van der Waals surface area contributed by atoms with Gasteiger partial charge in [0.2, 0.25) is 0 Å². The molecule has 1 radical (unpaired) electrons. The van der Waals surface area contributed by atoms with Crippen molar-refractivity contribution in [3.63, 3.8) is 0 Å². The van der Waals surface area contributed by atoms with Crippen LogP contribution in [0.5, 0.6) is 0 Å². The zero-order valence-corrected chi connectivity index (χ0v) is 9.72. The number of nitrogens with two attached hydrogens (primary N) is 1. The van der Waals surface area contributed by atoms with Crippen molar-refractivity contribution in [1.82, 2.24) is 0 Å². The number of rotatable bonds is 5. The van der Waals surface area contributed by atoms with Crippen molar-refractivity contribution in [3.8, 4) is 0 Å². The first-order valence-corrected chi connectivity index (χ1v) is 5.11. The molecule has 0 amide bonds. The minimum Gasteiger partial charge on any atom is -0.402 e. The second-order valence-electron chi connectivity index (χ2n) is 4.67.